The molecule has 8 heteroatoms. The van der Waals surface area contributed by atoms with Gasteiger partial charge in [-0.15, -0.1) is 0 Å². The molecule has 0 aliphatic rings. The molecule has 0 radical (unpaired) electrons. The van der Waals surface area contributed by atoms with Crippen LogP contribution in [0.2, 0.25) is 0 Å². The lowest BCUT2D eigenvalue weighted by Gasteiger charge is -2.23. The topological polar surface area (TPSA) is 75.4 Å². The monoisotopic (exact) mass is 321 g/mol. The van der Waals surface area contributed by atoms with Crippen molar-refractivity contribution in [1.82, 2.24) is 9.62 Å². The number of rotatable bonds is 7. The number of sulfonamides is 1. The third-order valence-electron chi connectivity index (χ3n) is 3.41. The number of anilines is 1. The van der Waals surface area contributed by atoms with Crippen LogP contribution in [0.5, 0.6) is 0 Å². The Labute approximate surface area is 124 Å². The molecule has 1 aromatic carbocycles. The number of likely N-dealkylation sites (N-methyl/N-ethyl adjacent to an activating group) is 1. The van der Waals surface area contributed by atoms with E-state index in [1.54, 1.807) is 0 Å². The third-order valence-corrected chi connectivity index (χ3v) is 4.87. The molecule has 1 atom stereocenters. The Morgan fingerprint density at radius 3 is 2.57 bits per heavy atom. The van der Waals surface area contributed by atoms with Crippen molar-refractivity contribution in [1.29, 1.82) is 0 Å². The fraction of sp³-hybridized carbons (Fsp3) is 0.538. The highest BCUT2D eigenvalue weighted by molar-refractivity contribution is 7.89. The summed E-state index contributed by atoms with van der Waals surface area (Å²) in [6, 6.07) is 1.94. The van der Waals surface area contributed by atoms with Crippen LogP contribution in [0.4, 0.5) is 14.5 Å². The molecule has 120 valence electrons. The number of nitrogens with two attached hydrogens (primary N) is 1. The van der Waals surface area contributed by atoms with E-state index in [0.29, 0.717) is 12.6 Å². The van der Waals surface area contributed by atoms with E-state index in [1.165, 1.54) is 0 Å². The number of hydrogen-bond donors (Lipinski definition) is 2. The summed E-state index contributed by atoms with van der Waals surface area (Å²) in [7, 11) is -2.27. The molecule has 0 aliphatic heterocycles. The molecule has 1 unspecified atom stereocenters. The smallest absolute Gasteiger partial charge is 0.243 e. The maximum Gasteiger partial charge on any atom is 0.243 e. The van der Waals surface area contributed by atoms with Crippen LogP contribution in [0, 0.1) is 11.6 Å². The highest BCUT2D eigenvalue weighted by Gasteiger charge is 2.22. The standard InChI is InChI=1S/C13H21F2N3O2S/c1-4-9(2)18(3)6-5-17-21(19,20)12-8-10(16)7-11(14)13(12)15/h7-9,17H,4-6,16H2,1-3H3. The van der Waals surface area contributed by atoms with Gasteiger partial charge in [-0.2, -0.15) is 0 Å². The largest absolute Gasteiger partial charge is 0.399 e. The minimum absolute atomic E-state index is 0.0963. The highest BCUT2D eigenvalue weighted by Crippen LogP contribution is 2.20. The van der Waals surface area contributed by atoms with Crippen LogP contribution in [-0.4, -0.2) is 39.5 Å². The number of hydrogen-bond acceptors (Lipinski definition) is 4. The number of nitrogens with one attached hydrogen (secondary N) is 1. The second-order valence-electron chi connectivity index (χ2n) is 4.95. The molecule has 0 bridgehead atoms. The predicted molar refractivity (Wildman–Crippen MR) is 78.3 cm³/mol. The van der Waals surface area contributed by atoms with Crippen molar-refractivity contribution in [3.63, 3.8) is 0 Å². The Morgan fingerprint density at radius 1 is 1.38 bits per heavy atom. The molecule has 0 saturated carbocycles. The van der Waals surface area contributed by atoms with E-state index in [0.717, 1.165) is 18.6 Å². The number of halogens is 2. The van der Waals surface area contributed by atoms with Gasteiger partial charge in [0.2, 0.25) is 10.0 Å². The zero-order valence-corrected chi connectivity index (χ0v) is 13.2. The Balaban J connectivity index is 2.79. The van der Waals surface area contributed by atoms with Crippen LogP contribution in [0.1, 0.15) is 20.3 Å². The fourth-order valence-electron chi connectivity index (χ4n) is 1.75. The molecular formula is C13H21F2N3O2S. The Morgan fingerprint density at radius 2 is 2.00 bits per heavy atom. The van der Waals surface area contributed by atoms with Gasteiger partial charge in [0, 0.05) is 24.8 Å². The van der Waals surface area contributed by atoms with Gasteiger partial charge in [-0.3, -0.25) is 0 Å². The summed E-state index contributed by atoms with van der Waals surface area (Å²) in [5.74, 6) is -2.71. The van der Waals surface area contributed by atoms with Gasteiger partial charge in [0.15, 0.2) is 11.6 Å². The summed E-state index contributed by atoms with van der Waals surface area (Å²) in [6.45, 7) is 4.59. The number of nitrogens with zero attached hydrogens (tertiary/aromatic N) is 1. The van der Waals surface area contributed by atoms with Crippen molar-refractivity contribution in [2.45, 2.75) is 31.2 Å². The lowest BCUT2D eigenvalue weighted by atomic mass is 10.2. The van der Waals surface area contributed by atoms with E-state index < -0.39 is 26.6 Å². The molecule has 1 rings (SSSR count). The van der Waals surface area contributed by atoms with Crippen LogP contribution >= 0.6 is 0 Å². The first-order valence-electron chi connectivity index (χ1n) is 6.63. The van der Waals surface area contributed by atoms with Gasteiger partial charge in [-0.05, 0) is 32.5 Å². The molecule has 0 amide bonds. The van der Waals surface area contributed by atoms with Crippen molar-refractivity contribution in [2.24, 2.45) is 0 Å². The first-order valence-corrected chi connectivity index (χ1v) is 8.11. The average Bonchev–Trinajstić information content (AvgIpc) is 2.41. The maximum atomic E-state index is 13.6. The van der Waals surface area contributed by atoms with Gasteiger partial charge >= 0.3 is 0 Å². The first kappa shape index (κ1) is 17.8. The van der Waals surface area contributed by atoms with Gasteiger partial charge in [0.05, 0.1) is 0 Å². The van der Waals surface area contributed by atoms with Gasteiger partial charge < -0.3 is 10.6 Å². The molecule has 0 aliphatic carbocycles. The van der Waals surface area contributed by atoms with Crippen LogP contribution in [0.3, 0.4) is 0 Å². The van der Waals surface area contributed by atoms with Crippen LogP contribution in [0.25, 0.3) is 0 Å². The zero-order chi connectivity index (χ0) is 16.2. The van der Waals surface area contributed by atoms with Gasteiger partial charge in [-0.25, -0.2) is 21.9 Å². The van der Waals surface area contributed by atoms with E-state index in [1.807, 2.05) is 25.8 Å². The van der Waals surface area contributed by atoms with Gasteiger partial charge in [0.25, 0.3) is 0 Å². The van der Waals surface area contributed by atoms with Crippen molar-refractivity contribution in [3.8, 4) is 0 Å². The van der Waals surface area contributed by atoms with E-state index in [-0.39, 0.29) is 12.2 Å². The summed E-state index contributed by atoms with van der Waals surface area (Å²) in [4.78, 5) is 1.20. The number of benzene rings is 1. The molecule has 0 fully saturated rings. The quantitative estimate of drug-likeness (QED) is 0.747. The second kappa shape index (κ2) is 7.15. The van der Waals surface area contributed by atoms with E-state index in [2.05, 4.69) is 4.72 Å². The maximum absolute atomic E-state index is 13.6. The van der Waals surface area contributed by atoms with Crippen molar-refractivity contribution in [2.75, 3.05) is 25.9 Å². The summed E-state index contributed by atoms with van der Waals surface area (Å²) >= 11 is 0. The van der Waals surface area contributed by atoms with Crippen LogP contribution in [-0.2, 0) is 10.0 Å². The average molecular weight is 321 g/mol. The summed E-state index contributed by atoms with van der Waals surface area (Å²) in [5, 5.41) is 0. The molecule has 0 saturated heterocycles. The van der Waals surface area contributed by atoms with E-state index >= 15 is 0 Å². The third kappa shape index (κ3) is 4.62. The first-order chi connectivity index (χ1) is 9.69. The van der Waals surface area contributed by atoms with Crippen LogP contribution < -0.4 is 10.5 Å². The van der Waals surface area contributed by atoms with Crippen LogP contribution in [0.15, 0.2) is 17.0 Å². The minimum Gasteiger partial charge on any atom is -0.399 e. The Bertz CT molecular complexity index is 593. The highest BCUT2D eigenvalue weighted by atomic mass is 32.2. The van der Waals surface area contributed by atoms with Gasteiger partial charge in [0.1, 0.15) is 4.90 Å². The minimum atomic E-state index is -4.14. The lowest BCUT2D eigenvalue weighted by Crippen LogP contribution is -2.37. The second-order valence-corrected chi connectivity index (χ2v) is 6.69. The van der Waals surface area contributed by atoms with Gasteiger partial charge in [-0.1, -0.05) is 6.92 Å². The zero-order valence-electron chi connectivity index (χ0n) is 12.4. The molecule has 21 heavy (non-hydrogen) atoms. The Kier molecular flexibility index (Phi) is 6.06. The summed E-state index contributed by atoms with van der Waals surface area (Å²) in [6.07, 6.45) is 0.929. The summed E-state index contributed by atoms with van der Waals surface area (Å²) < 4.78 is 53.0. The van der Waals surface area contributed by atoms with Crippen molar-refractivity contribution in [3.05, 3.63) is 23.8 Å². The van der Waals surface area contributed by atoms with Crippen molar-refractivity contribution >= 4 is 15.7 Å². The molecule has 0 spiro atoms. The van der Waals surface area contributed by atoms with Crippen molar-refractivity contribution < 1.29 is 17.2 Å². The fourth-order valence-corrected chi connectivity index (χ4v) is 2.89. The molecule has 1 aromatic rings. The van der Waals surface area contributed by atoms with E-state index in [4.69, 9.17) is 5.73 Å². The molecule has 0 heterocycles. The normalized spacial score (nSPS) is 13.6. The Hall–Kier alpha value is -1.25. The molecule has 0 aromatic heterocycles. The predicted octanol–water partition coefficient (Wildman–Crippen LogP) is 1.56. The van der Waals surface area contributed by atoms with E-state index in [9.17, 15) is 17.2 Å². The lowest BCUT2D eigenvalue weighted by molar-refractivity contribution is 0.256. The summed E-state index contributed by atoms with van der Waals surface area (Å²) in [5.41, 5.74) is 5.21. The molecule has 5 nitrogen and oxygen atoms in total. The molecule has 3 N–H and O–H groups in total. The molecular weight excluding hydrogens is 300 g/mol. The number of nitrogen functional groups attached to an aromatic ring is 1. The SMILES string of the molecule is CCC(C)N(C)CCNS(=O)(=O)c1cc(N)cc(F)c1F.